The smallest absolute Gasteiger partial charge is 0.318 e. The first-order valence-corrected chi connectivity index (χ1v) is 8.78. The average Bonchev–Trinajstić information content (AvgIpc) is 2.67. The Bertz CT molecular complexity index is 697. The number of carbonyl (C=O) groups excluding carboxylic acids is 1. The molecule has 5 nitrogen and oxygen atoms in total. The van der Waals surface area contributed by atoms with Crippen LogP contribution < -0.4 is 10.1 Å². The number of piperidine rings is 1. The van der Waals surface area contributed by atoms with Crippen LogP contribution in [-0.4, -0.2) is 36.1 Å². The maximum atomic E-state index is 12.8. The number of nitrogens with zero attached hydrogens (tertiary/aromatic N) is 2. The molecule has 1 aliphatic heterocycles. The van der Waals surface area contributed by atoms with E-state index in [-0.39, 0.29) is 12.1 Å². The lowest BCUT2D eigenvalue weighted by Crippen LogP contribution is -2.45. The monoisotopic (exact) mass is 339 g/mol. The van der Waals surface area contributed by atoms with Crippen LogP contribution in [0.2, 0.25) is 0 Å². The number of benzene rings is 1. The Hall–Kier alpha value is -2.56. The first-order chi connectivity index (χ1) is 12.2. The molecule has 132 valence electrons. The second-order valence-electron chi connectivity index (χ2n) is 6.55. The third-order valence-corrected chi connectivity index (χ3v) is 4.77. The highest BCUT2D eigenvalue weighted by Crippen LogP contribution is 2.29. The lowest BCUT2D eigenvalue weighted by molar-refractivity contribution is 0.171. The summed E-state index contributed by atoms with van der Waals surface area (Å²) in [5.74, 6) is 1.43. The molecule has 1 aromatic heterocycles. The summed E-state index contributed by atoms with van der Waals surface area (Å²) >= 11 is 0. The molecule has 1 saturated heterocycles. The van der Waals surface area contributed by atoms with Crippen molar-refractivity contribution in [2.24, 2.45) is 5.92 Å². The van der Waals surface area contributed by atoms with Gasteiger partial charge in [0.25, 0.3) is 0 Å². The van der Waals surface area contributed by atoms with Crippen LogP contribution in [0.15, 0.2) is 48.7 Å². The molecule has 1 fully saturated rings. The van der Waals surface area contributed by atoms with Gasteiger partial charge >= 0.3 is 6.03 Å². The van der Waals surface area contributed by atoms with Gasteiger partial charge < -0.3 is 15.0 Å². The van der Waals surface area contributed by atoms with E-state index >= 15 is 0 Å². The number of urea groups is 1. The third kappa shape index (κ3) is 4.10. The molecule has 1 aliphatic rings. The summed E-state index contributed by atoms with van der Waals surface area (Å²) in [6.45, 7) is 3.84. The van der Waals surface area contributed by atoms with Crippen LogP contribution >= 0.6 is 0 Å². The van der Waals surface area contributed by atoms with Crippen LogP contribution in [0.3, 0.4) is 0 Å². The minimum atomic E-state index is -0.343. The third-order valence-electron chi connectivity index (χ3n) is 4.77. The molecule has 0 saturated carbocycles. The number of likely N-dealkylation sites (tertiary alicyclic amines) is 1. The number of pyridine rings is 1. The van der Waals surface area contributed by atoms with Gasteiger partial charge in [-0.05, 0) is 37.0 Å². The fourth-order valence-electron chi connectivity index (χ4n) is 3.19. The van der Waals surface area contributed by atoms with E-state index in [2.05, 4.69) is 17.2 Å². The number of amides is 2. The molecule has 5 heteroatoms. The number of aromatic nitrogens is 1. The Kier molecular flexibility index (Phi) is 5.53. The molecule has 0 radical (unpaired) electrons. The van der Waals surface area contributed by atoms with Gasteiger partial charge in [0.05, 0.1) is 12.8 Å². The van der Waals surface area contributed by atoms with Crippen molar-refractivity contribution in [2.75, 3.05) is 20.2 Å². The molecule has 2 amide bonds. The van der Waals surface area contributed by atoms with Gasteiger partial charge in [-0.25, -0.2) is 4.79 Å². The Morgan fingerprint density at radius 1 is 1.20 bits per heavy atom. The summed E-state index contributed by atoms with van der Waals surface area (Å²) in [7, 11) is 1.64. The molecule has 1 aromatic carbocycles. The number of ether oxygens (including phenoxy) is 1. The Labute approximate surface area is 149 Å². The number of hydrogen-bond donors (Lipinski definition) is 1. The summed E-state index contributed by atoms with van der Waals surface area (Å²) in [5.41, 5.74) is 1.70. The summed E-state index contributed by atoms with van der Waals surface area (Å²) in [5, 5.41) is 3.15. The largest absolute Gasteiger partial charge is 0.496 e. The predicted molar refractivity (Wildman–Crippen MR) is 97.6 cm³/mol. The fourth-order valence-corrected chi connectivity index (χ4v) is 3.19. The molecule has 2 aromatic rings. The lowest BCUT2D eigenvalue weighted by atomic mass is 9.99. The van der Waals surface area contributed by atoms with Crippen molar-refractivity contribution in [3.63, 3.8) is 0 Å². The first-order valence-electron chi connectivity index (χ1n) is 8.78. The highest BCUT2D eigenvalue weighted by Gasteiger charge is 2.26. The molecule has 3 rings (SSSR count). The second-order valence-corrected chi connectivity index (χ2v) is 6.55. The molecule has 0 spiro atoms. The minimum absolute atomic E-state index is 0.0477. The van der Waals surface area contributed by atoms with E-state index in [9.17, 15) is 4.79 Å². The van der Waals surface area contributed by atoms with Gasteiger partial charge in [0, 0.05) is 24.8 Å². The second kappa shape index (κ2) is 8.01. The van der Waals surface area contributed by atoms with Gasteiger partial charge in [-0.15, -0.1) is 0 Å². The van der Waals surface area contributed by atoms with E-state index in [0.717, 1.165) is 42.9 Å². The van der Waals surface area contributed by atoms with Crippen molar-refractivity contribution < 1.29 is 9.53 Å². The molecule has 1 N–H and O–H groups in total. The van der Waals surface area contributed by atoms with Gasteiger partial charge in [0.1, 0.15) is 11.8 Å². The van der Waals surface area contributed by atoms with Crippen LogP contribution in [0.5, 0.6) is 5.75 Å². The normalized spacial score (nSPS) is 16.3. The summed E-state index contributed by atoms with van der Waals surface area (Å²) in [6, 6.07) is 13.1. The zero-order valence-corrected chi connectivity index (χ0v) is 14.8. The van der Waals surface area contributed by atoms with Crippen molar-refractivity contribution >= 4 is 6.03 Å². The van der Waals surface area contributed by atoms with Crippen LogP contribution in [0.1, 0.15) is 37.1 Å². The molecule has 1 atom stereocenters. The van der Waals surface area contributed by atoms with E-state index in [1.807, 2.05) is 47.4 Å². The zero-order chi connectivity index (χ0) is 17.6. The molecule has 2 heterocycles. The summed E-state index contributed by atoms with van der Waals surface area (Å²) in [6.07, 6.45) is 3.85. The van der Waals surface area contributed by atoms with Crippen LogP contribution in [-0.2, 0) is 0 Å². The number of para-hydroxylation sites is 1. The van der Waals surface area contributed by atoms with Gasteiger partial charge in [-0.2, -0.15) is 0 Å². The quantitative estimate of drug-likeness (QED) is 0.925. The number of hydrogen-bond acceptors (Lipinski definition) is 3. The zero-order valence-electron chi connectivity index (χ0n) is 14.8. The maximum absolute atomic E-state index is 12.8. The van der Waals surface area contributed by atoms with Crippen LogP contribution in [0, 0.1) is 5.92 Å². The van der Waals surface area contributed by atoms with Gasteiger partial charge in [0.2, 0.25) is 0 Å². The molecular formula is C20H25N3O2. The molecule has 0 aliphatic carbocycles. The Balaban J connectivity index is 1.86. The highest BCUT2D eigenvalue weighted by molar-refractivity contribution is 5.75. The van der Waals surface area contributed by atoms with E-state index in [4.69, 9.17) is 4.74 Å². The van der Waals surface area contributed by atoms with Gasteiger partial charge in [0.15, 0.2) is 0 Å². The number of carbonyl (C=O) groups is 1. The number of nitrogens with one attached hydrogen (secondary N) is 1. The van der Waals surface area contributed by atoms with Crippen LogP contribution in [0.4, 0.5) is 4.79 Å². The fraction of sp³-hybridized carbons (Fsp3) is 0.400. The Morgan fingerprint density at radius 2 is 1.92 bits per heavy atom. The molecule has 0 unspecified atom stereocenters. The number of rotatable bonds is 4. The van der Waals surface area contributed by atoms with Crippen molar-refractivity contribution in [3.05, 3.63) is 59.9 Å². The maximum Gasteiger partial charge on any atom is 0.318 e. The van der Waals surface area contributed by atoms with Crippen LogP contribution in [0.25, 0.3) is 0 Å². The van der Waals surface area contributed by atoms with E-state index < -0.39 is 0 Å². The lowest BCUT2D eigenvalue weighted by Gasteiger charge is -2.32. The van der Waals surface area contributed by atoms with Gasteiger partial charge in [-0.3, -0.25) is 4.98 Å². The first kappa shape index (κ1) is 17.3. The van der Waals surface area contributed by atoms with Crippen molar-refractivity contribution in [1.82, 2.24) is 15.2 Å². The van der Waals surface area contributed by atoms with Crippen molar-refractivity contribution in [3.8, 4) is 5.75 Å². The SMILES string of the molecule is COc1ccccc1[C@H](NC(=O)N1CCC(C)CC1)c1ccccn1. The predicted octanol–water partition coefficient (Wildman–Crippen LogP) is 3.62. The van der Waals surface area contributed by atoms with Gasteiger partial charge in [-0.1, -0.05) is 31.2 Å². The Morgan fingerprint density at radius 3 is 2.60 bits per heavy atom. The molecule has 25 heavy (non-hydrogen) atoms. The summed E-state index contributed by atoms with van der Waals surface area (Å²) in [4.78, 5) is 19.2. The van der Waals surface area contributed by atoms with Crippen molar-refractivity contribution in [2.45, 2.75) is 25.8 Å². The minimum Gasteiger partial charge on any atom is -0.496 e. The van der Waals surface area contributed by atoms with E-state index in [1.165, 1.54) is 0 Å². The highest BCUT2D eigenvalue weighted by atomic mass is 16.5. The standard InChI is InChI=1S/C20H25N3O2/c1-15-10-13-23(14-11-15)20(24)22-19(17-8-5-6-12-21-17)16-7-3-4-9-18(16)25-2/h3-9,12,15,19H,10-11,13-14H2,1-2H3,(H,22,24)/t19-/m0/s1. The number of methoxy groups -OCH3 is 1. The van der Waals surface area contributed by atoms with Crippen molar-refractivity contribution in [1.29, 1.82) is 0 Å². The summed E-state index contributed by atoms with van der Waals surface area (Å²) < 4.78 is 5.50. The van der Waals surface area contributed by atoms with E-state index in [1.54, 1.807) is 13.3 Å². The topological polar surface area (TPSA) is 54.5 Å². The average molecular weight is 339 g/mol. The molecule has 0 bridgehead atoms. The molecular weight excluding hydrogens is 314 g/mol. The van der Waals surface area contributed by atoms with E-state index in [0.29, 0.717) is 5.92 Å².